The van der Waals surface area contributed by atoms with E-state index in [1.165, 1.54) is 5.57 Å². The summed E-state index contributed by atoms with van der Waals surface area (Å²) < 4.78 is 0. The topological polar surface area (TPSA) is 24.7 Å². The highest BCUT2D eigenvalue weighted by Crippen LogP contribution is 2.28. The van der Waals surface area contributed by atoms with Crippen molar-refractivity contribution in [2.75, 3.05) is 0 Å². The summed E-state index contributed by atoms with van der Waals surface area (Å²) in [6.45, 7) is 0. The molecule has 3 rings (SSSR count). The smallest absolute Gasteiger partial charge is 0.0831 e. The first-order valence-corrected chi connectivity index (χ1v) is 4.33. The number of fused-ring (bicyclic) bond motifs is 3. The lowest BCUT2D eigenvalue weighted by molar-refractivity contribution is 1.03. The van der Waals surface area contributed by atoms with Crippen LogP contribution in [-0.4, -0.2) is 11.9 Å². The summed E-state index contributed by atoms with van der Waals surface area (Å²) in [6.07, 6.45) is 14.4. The van der Waals surface area contributed by atoms with Gasteiger partial charge in [0.1, 0.15) is 0 Å². The Morgan fingerprint density at radius 1 is 1.15 bits per heavy atom. The van der Waals surface area contributed by atoms with Crippen LogP contribution in [0.1, 0.15) is 0 Å². The molecule has 0 aromatic rings. The summed E-state index contributed by atoms with van der Waals surface area (Å²) in [6, 6.07) is 0. The van der Waals surface area contributed by atoms with Crippen LogP contribution in [0.25, 0.3) is 0 Å². The lowest BCUT2D eigenvalue weighted by Gasteiger charge is -2.20. The molecular weight excluding hydrogens is 160 g/mol. The van der Waals surface area contributed by atoms with E-state index >= 15 is 0 Å². The Morgan fingerprint density at radius 2 is 2.15 bits per heavy atom. The molecule has 2 nitrogen and oxygen atoms in total. The third-order valence-electron chi connectivity index (χ3n) is 2.47. The van der Waals surface area contributed by atoms with E-state index in [1.54, 1.807) is 0 Å². The van der Waals surface area contributed by atoms with Gasteiger partial charge in [-0.1, -0.05) is 36.5 Å². The molecular formula is C11H8N2. The highest BCUT2D eigenvalue weighted by atomic mass is 15.2. The maximum Gasteiger partial charge on any atom is 0.0831 e. The maximum atomic E-state index is 4.13. The SMILES string of the molecule is C1=CC2=CC=C3C=NN=C3C2C=C1. The van der Waals surface area contributed by atoms with Crippen molar-refractivity contribution in [2.45, 2.75) is 0 Å². The van der Waals surface area contributed by atoms with Crippen molar-refractivity contribution in [1.82, 2.24) is 0 Å². The molecule has 0 N–H and O–H groups in total. The van der Waals surface area contributed by atoms with E-state index in [1.807, 2.05) is 6.21 Å². The molecule has 2 heteroatoms. The Kier molecular flexibility index (Phi) is 1.25. The maximum absolute atomic E-state index is 4.13. The molecule has 3 aliphatic rings. The lowest BCUT2D eigenvalue weighted by atomic mass is 9.83. The van der Waals surface area contributed by atoms with Gasteiger partial charge in [-0.05, 0) is 5.57 Å². The van der Waals surface area contributed by atoms with Gasteiger partial charge in [-0.2, -0.15) is 10.2 Å². The minimum atomic E-state index is 0.326. The van der Waals surface area contributed by atoms with Crippen LogP contribution in [0.4, 0.5) is 0 Å². The molecule has 1 heterocycles. The second-order valence-corrected chi connectivity index (χ2v) is 3.24. The van der Waals surface area contributed by atoms with Crippen LogP contribution in [0.3, 0.4) is 0 Å². The van der Waals surface area contributed by atoms with E-state index in [0.717, 1.165) is 11.3 Å². The quantitative estimate of drug-likeness (QED) is 0.528. The summed E-state index contributed by atoms with van der Waals surface area (Å²) in [7, 11) is 0. The van der Waals surface area contributed by atoms with Gasteiger partial charge in [0.05, 0.1) is 11.9 Å². The standard InChI is InChI=1S/C11H8N2/c1-2-4-10-8(3-1)5-6-9-7-12-13-11(9)10/h1-7,10H. The van der Waals surface area contributed by atoms with Crippen LogP contribution in [0.2, 0.25) is 0 Å². The van der Waals surface area contributed by atoms with Crippen LogP contribution in [0, 0.1) is 5.92 Å². The minimum Gasteiger partial charge on any atom is -0.158 e. The van der Waals surface area contributed by atoms with Gasteiger partial charge in [-0.15, -0.1) is 0 Å². The highest BCUT2D eigenvalue weighted by molar-refractivity contribution is 6.22. The fraction of sp³-hybridized carbons (Fsp3) is 0.0909. The van der Waals surface area contributed by atoms with Crippen molar-refractivity contribution in [3.63, 3.8) is 0 Å². The number of nitrogens with zero attached hydrogens (tertiary/aromatic N) is 2. The van der Waals surface area contributed by atoms with Gasteiger partial charge in [-0.3, -0.25) is 0 Å². The van der Waals surface area contributed by atoms with Gasteiger partial charge >= 0.3 is 0 Å². The van der Waals surface area contributed by atoms with Gasteiger partial charge in [0.15, 0.2) is 0 Å². The Labute approximate surface area is 76.4 Å². The van der Waals surface area contributed by atoms with E-state index in [4.69, 9.17) is 0 Å². The Morgan fingerprint density at radius 3 is 3.15 bits per heavy atom. The largest absolute Gasteiger partial charge is 0.158 e. The fourth-order valence-electron chi connectivity index (χ4n) is 1.80. The molecule has 0 fully saturated rings. The molecule has 0 saturated carbocycles. The third-order valence-corrected chi connectivity index (χ3v) is 2.47. The zero-order valence-corrected chi connectivity index (χ0v) is 7.01. The van der Waals surface area contributed by atoms with E-state index in [2.05, 4.69) is 46.7 Å². The summed E-state index contributed by atoms with van der Waals surface area (Å²) in [5.41, 5.74) is 3.53. The molecule has 0 radical (unpaired) electrons. The van der Waals surface area contributed by atoms with E-state index < -0.39 is 0 Å². The molecule has 1 unspecified atom stereocenters. The molecule has 2 aliphatic carbocycles. The van der Waals surface area contributed by atoms with Gasteiger partial charge in [0, 0.05) is 11.5 Å². The van der Waals surface area contributed by atoms with Crippen molar-refractivity contribution in [2.24, 2.45) is 16.1 Å². The Balaban J connectivity index is 2.15. The van der Waals surface area contributed by atoms with E-state index in [-0.39, 0.29) is 0 Å². The van der Waals surface area contributed by atoms with Gasteiger partial charge < -0.3 is 0 Å². The molecule has 0 bridgehead atoms. The number of allylic oxidation sites excluding steroid dienone is 8. The lowest BCUT2D eigenvalue weighted by Crippen LogP contribution is -2.18. The number of hydrogen-bond acceptors (Lipinski definition) is 2. The molecule has 0 saturated heterocycles. The van der Waals surface area contributed by atoms with Crippen molar-refractivity contribution in [3.05, 3.63) is 47.6 Å². The number of hydrogen-bond donors (Lipinski definition) is 0. The summed E-state index contributed by atoms with van der Waals surface area (Å²) in [4.78, 5) is 0. The third kappa shape index (κ3) is 0.886. The first-order valence-electron chi connectivity index (χ1n) is 4.33. The van der Waals surface area contributed by atoms with Crippen LogP contribution >= 0.6 is 0 Å². The summed E-state index contributed by atoms with van der Waals surface area (Å²) in [5, 5.41) is 8.06. The molecule has 0 aromatic carbocycles. The van der Waals surface area contributed by atoms with Crippen molar-refractivity contribution < 1.29 is 0 Å². The first-order chi connectivity index (χ1) is 6.45. The second-order valence-electron chi connectivity index (χ2n) is 3.24. The molecule has 13 heavy (non-hydrogen) atoms. The van der Waals surface area contributed by atoms with Gasteiger partial charge in [-0.25, -0.2) is 0 Å². The Bertz CT molecular complexity index is 429. The van der Waals surface area contributed by atoms with E-state index in [9.17, 15) is 0 Å². The molecule has 1 aliphatic heterocycles. The van der Waals surface area contributed by atoms with Gasteiger partial charge in [0.25, 0.3) is 0 Å². The van der Waals surface area contributed by atoms with Crippen LogP contribution < -0.4 is 0 Å². The molecule has 62 valence electrons. The number of rotatable bonds is 0. The van der Waals surface area contributed by atoms with Gasteiger partial charge in [0.2, 0.25) is 0 Å². The van der Waals surface area contributed by atoms with Crippen molar-refractivity contribution in [3.8, 4) is 0 Å². The van der Waals surface area contributed by atoms with Crippen LogP contribution in [0.15, 0.2) is 57.8 Å². The van der Waals surface area contributed by atoms with Crippen LogP contribution in [-0.2, 0) is 0 Å². The van der Waals surface area contributed by atoms with Crippen molar-refractivity contribution >= 4 is 11.9 Å². The zero-order chi connectivity index (χ0) is 8.67. The van der Waals surface area contributed by atoms with Crippen LogP contribution in [0.5, 0.6) is 0 Å². The molecule has 1 atom stereocenters. The predicted molar refractivity (Wildman–Crippen MR) is 53.9 cm³/mol. The molecule has 0 aromatic heterocycles. The minimum absolute atomic E-state index is 0.326. The average molecular weight is 168 g/mol. The molecule has 0 spiro atoms. The monoisotopic (exact) mass is 168 g/mol. The Hall–Kier alpha value is -1.70. The average Bonchev–Trinajstić information content (AvgIpc) is 2.65. The fourth-order valence-corrected chi connectivity index (χ4v) is 1.80. The predicted octanol–water partition coefficient (Wildman–Crippen LogP) is 2.04. The first kappa shape index (κ1) is 6.78. The summed E-state index contributed by atoms with van der Waals surface area (Å²) in [5.74, 6) is 0.326. The zero-order valence-electron chi connectivity index (χ0n) is 7.01. The highest BCUT2D eigenvalue weighted by Gasteiger charge is 2.25. The second kappa shape index (κ2) is 2.39. The summed E-state index contributed by atoms with van der Waals surface area (Å²) >= 11 is 0. The van der Waals surface area contributed by atoms with Crippen molar-refractivity contribution in [1.29, 1.82) is 0 Å². The normalized spacial score (nSPS) is 27.7. The van der Waals surface area contributed by atoms with E-state index in [0.29, 0.717) is 5.92 Å². The molecule has 0 amide bonds.